The summed E-state index contributed by atoms with van der Waals surface area (Å²) in [5.74, 6) is 0.0155. The third-order valence-electron chi connectivity index (χ3n) is 2.43. The van der Waals surface area contributed by atoms with E-state index >= 15 is 0 Å². The molecule has 0 aromatic heterocycles. The van der Waals surface area contributed by atoms with Gasteiger partial charge in [0.25, 0.3) is 5.69 Å². The van der Waals surface area contributed by atoms with Crippen molar-refractivity contribution >= 4 is 11.5 Å². The van der Waals surface area contributed by atoms with E-state index in [1.807, 2.05) is 6.92 Å². The summed E-state index contributed by atoms with van der Waals surface area (Å²) in [6, 6.07) is 3.16. The number of nitro groups is 1. The van der Waals surface area contributed by atoms with E-state index in [1.165, 1.54) is 13.0 Å². The average molecular weight is 207 g/mol. The SMILES string of the molecule is CC(=O)Cc1c(C)ccc([N+](=O)[O-])c1C. The van der Waals surface area contributed by atoms with E-state index in [-0.39, 0.29) is 17.9 Å². The molecular weight excluding hydrogens is 194 g/mol. The maximum atomic E-state index is 11.0. The van der Waals surface area contributed by atoms with Crippen LogP contribution in [0.4, 0.5) is 5.69 Å². The number of ketones is 1. The minimum absolute atomic E-state index is 0.0155. The summed E-state index contributed by atoms with van der Waals surface area (Å²) in [5, 5.41) is 10.7. The van der Waals surface area contributed by atoms with Crippen LogP contribution in [0, 0.1) is 24.0 Å². The number of aryl methyl sites for hydroxylation is 1. The zero-order chi connectivity index (χ0) is 11.6. The Kier molecular flexibility index (Phi) is 3.19. The molecule has 0 amide bonds. The molecule has 0 saturated carbocycles. The Balaban J connectivity index is 3.29. The summed E-state index contributed by atoms with van der Waals surface area (Å²) in [6.45, 7) is 5.02. The van der Waals surface area contributed by atoms with Crippen molar-refractivity contribution in [1.29, 1.82) is 0 Å². The molecule has 0 bridgehead atoms. The van der Waals surface area contributed by atoms with Gasteiger partial charge in [-0.2, -0.15) is 0 Å². The minimum Gasteiger partial charge on any atom is -0.300 e. The molecule has 1 rings (SSSR count). The maximum Gasteiger partial charge on any atom is 0.272 e. The highest BCUT2D eigenvalue weighted by atomic mass is 16.6. The molecule has 0 atom stereocenters. The number of carbonyl (C=O) groups is 1. The predicted octanol–water partition coefficient (Wildman–Crippen LogP) is 2.34. The Hall–Kier alpha value is -1.71. The number of benzene rings is 1. The van der Waals surface area contributed by atoms with Crippen LogP contribution < -0.4 is 0 Å². The monoisotopic (exact) mass is 207 g/mol. The molecule has 0 unspecified atom stereocenters. The van der Waals surface area contributed by atoms with Crippen molar-refractivity contribution in [2.24, 2.45) is 0 Å². The van der Waals surface area contributed by atoms with Crippen molar-refractivity contribution in [1.82, 2.24) is 0 Å². The fraction of sp³-hybridized carbons (Fsp3) is 0.364. The van der Waals surface area contributed by atoms with E-state index in [1.54, 1.807) is 13.0 Å². The predicted molar refractivity (Wildman–Crippen MR) is 57.0 cm³/mol. The Morgan fingerprint density at radius 1 is 1.40 bits per heavy atom. The molecule has 0 saturated heterocycles. The quantitative estimate of drug-likeness (QED) is 0.564. The van der Waals surface area contributed by atoms with Gasteiger partial charge in [-0.05, 0) is 31.9 Å². The lowest BCUT2D eigenvalue weighted by Crippen LogP contribution is -2.04. The van der Waals surface area contributed by atoms with Crippen molar-refractivity contribution < 1.29 is 9.72 Å². The first-order valence-corrected chi connectivity index (χ1v) is 4.66. The van der Waals surface area contributed by atoms with Gasteiger partial charge in [0.2, 0.25) is 0 Å². The fourth-order valence-corrected chi connectivity index (χ4v) is 1.60. The standard InChI is InChI=1S/C11H13NO3/c1-7-4-5-11(12(14)15)9(3)10(7)6-8(2)13/h4-5H,6H2,1-3H3. The molecule has 0 radical (unpaired) electrons. The van der Waals surface area contributed by atoms with Crippen LogP contribution in [0.3, 0.4) is 0 Å². The summed E-state index contributed by atoms with van der Waals surface area (Å²) in [7, 11) is 0. The van der Waals surface area contributed by atoms with Crippen molar-refractivity contribution in [2.45, 2.75) is 27.2 Å². The summed E-state index contributed by atoms with van der Waals surface area (Å²) >= 11 is 0. The number of nitrogens with zero attached hydrogens (tertiary/aromatic N) is 1. The molecule has 0 heterocycles. The van der Waals surface area contributed by atoms with Gasteiger partial charge in [0, 0.05) is 18.1 Å². The van der Waals surface area contributed by atoms with Crippen LogP contribution in [0.15, 0.2) is 12.1 Å². The molecule has 0 aliphatic carbocycles. The lowest BCUT2D eigenvalue weighted by atomic mass is 9.97. The molecule has 0 aliphatic heterocycles. The highest BCUT2D eigenvalue weighted by Gasteiger charge is 2.16. The molecular formula is C11H13NO3. The zero-order valence-corrected chi connectivity index (χ0v) is 9.03. The van der Waals surface area contributed by atoms with Gasteiger partial charge in [-0.3, -0.25) is 14.9 Å². The first-order valence-electron chi connectivity index (χ1n) is 4.66. The lowest BCUT2D eigenvalue weighted by Gasteiger charge is -2.07. The molecule has 0 spiro atoms. The van der Waals surface area contributed by atoms with Crippen LogP contribution in [-0.2, 0) is 11.2 Å². The second kappa shape index (κ2) is 4.21. The van der Waals surface area contributed by atoms with Gasteiger partial charge in [0.15, 0.2) is 0 Å². The van der Waals surface area contributed by atoms with E-state index in [4.69, 9.17) is 0 Å². The van der Waals surface area contributed by atoms with Gasteiger partial charge in [-0.1, -0.05) is 6.07 Å². The summed E-state index contributed by atoms with van der Waals surface area (Å²) in [4.78, 5) is 21.3. The Labute approximate surface area is 88.1 Å². The summed E-state index contributed by atoms with van der Waals surface area (Å²) in [5.41, 5.74) is 2.37. The van der Waals surface area contributed by atoms with Gasteiger partial charge in [0.1, 0.15) is 5.78 Å². The topological polar surface area (TPSA) is 60.2 Å². The average Bonchev–Trinajstić information content (AvgIpc) is 2.11. The molecule has 1 aromatic rings. The van der Waals surface area contributed by atoms with Gasteiger partial charge < -0.3 is 0 Å². The summed E-state index contributed by atoms with van der Waals surface area (Å²) < 4.78 is 0. The highest BCUT2D eigenvalue weighted by molar-refractivity contribution is 5.79. The second-order valence-corrected chi connectivity index (χ2v) is 3.64. The smallest absolute Gasteiger partial charge is 0.272 e. The second-order valence-electron chi connectivity index (χ2n) is 3.64. The molecule has 15 heavy (non-hydrogen) atoms. The van der Waals surface area contributed by atoms with Crippen molar-refractivity contribution in [3.63, 3.8) is 0 Å². The van der Waals surface area contributed by atoms with Crippen LogP contribution in [0.1, 0.15) is 23.6 Å². The normalized spacial score (nSPS) is 10.1. The molecule has 0 aliphatic rings. The van der Waals surface area contributed by atoms with Crippen molar-refractivity contribution in [3.8, 4) is 0 Å². The Morgan fingerprint density at radius 3 is 2.47 bits per heavy atom. The van der Waals surface area contributed by atoms with Crippen LogP contribution in [-0.4, -0.2) is 10.7 Å². The van der Waals surface area contributed by atoms with Gasteiger partial charge >= 0.3 is 0 Å². The van der Waals surface area contributed by atoms with E-state index in [2.05, 4.69) is 0 Å². The Bertz CT molecular complexity index is 424. The number of hydrogen-bond acceptors (Lipinski definition) is 3. The van der Waals surface area contributed by atoms with E-state index in [0.717, 1.165) is 11.1 Å². The van der Waals surface area contributed by atoms with Gasteiger partial charge in [-0.15, -0.1) is 0 Å². The molecule has 0 fully saturated rings. The van der Waals surface area contributed by atoms with E-state index in [9.17, 15) is 14.9 Å². The van der Waals surface area contributed by atoms with Crippen LogP contribution >= 0.6 is 0 Å². The summed E-state index contributed by atoms with van der Waals surface area (Å²) in [6.07, 6.45) is 0.263. The maximum absolute atomic E-state index is 11.0. The minimum atomic E-state index is -0.418. The molecule has 4 nitrogen and oxygen atoms in total. The van der Waals surface area contributed by atoms with Crippen molar-refractivity contribution in [2.75, 3.05) is 0 Å². The molecule has 80 valence electrons. The zero-order valence-electron chi connectivity index (χ0n) is 9.03. The lowest BCUT2D eigenvalue weighted by molar-refractivity contribution is -0.385. The number of carbonyl (C=O) groups excluding carboxylic acids is 1. The van der Waals surface area contributed by atoms with Crippen LogP contribution in [0.25, 0.3) is 0 Å². The largest absolute Gasteiger partial charge is 0.300 e. The first kappa shape index (κ1) is 11.4. The van der Waals surface area contributed by atoms with E-state index < -0.39 is 4.92 Å². The van der Waals surface area contributed by atoms with Crippen LogP contribution in [0.2, 0.25) is 0 Å². The van der Waals surface area contributed by atoms with Gasteiger partial charge in [0.05, 0.1) is 4.92 Å². The molecule has 1 aromatic carbocycles. The number of hydrogen-bond donors (Lipinski definition) is 0. The Morgan fingerprint density at radius 2 is 2.00 bits per heavy atom. The number of rotatable bonds is 3. The molecule has 0 N–H and O–H groups in total. The third-order valence-corrected chi connectivity index (χ3v) is 2.43. The van der Waals surface area contributed by atoms with Crippen molar-refractivity contribution in [3.05, 3.63) is 38.9 Å². The fourth-order valence-electron chi connectivity index (χ4n) is 1.60. The molecule has 4 heteroatoms. The number of Topliss-reactive ketones (excluding diaryl/α,β-unsaturated/α-hetero) is 1. The first-order chi connectivity index (χ1) is 6.93. The van der Waals surface area contributed by atoms with E-state index in [0.29, 0.717) is 5.56 Å². The van der Waals surface area contributed by atoms with Crippen LogP contribution in [0.5, 0.6) is 0 Å². The van der Waals surface area contributed by atoms with Gasteiger partial charge in [-0.25, -0.2) is 0 Å². The third kappa shape index (κ3) is 2.40. The highest BCUT2D eigenvalue weighted by Crippen LogP contribution is 2.24. The number of nitro benzene ring substituents is 1.